The van der Waals surface area contributed by atoms with E-state index in [9.17, 15) is 13.6 Å². The Kier molecular flexibility index (Phi) is 5.49. The lowest BCUT2D eigenvalue weighted by atomic mass is 10.1. The summed E-state index contributed by atoms with van der Waals surface area (Å²) in [6, 6.07) is 9.81. The van der Waals surface area contributed by atoms with Gasteiger partial charge in [0.15, 0.2) is 17.5 Å². The van der Waals surface area contributed by atoms with E-state index >= 15 is 0 Å². The topological polar surface area (TPSA) is 56.2 Å². The number of carbonyl (C=O) groups excluding carboxylic acids is 1. The third-order valence-electron chi connectivity index (χ3n) is 4.29. The van der Waals surface area contributed by atoms with E-state index in [0.29, 0.717) is 12.8 Å². The molecule has 5 nitrogen and oxygen atoms in total. The molecule has 0 aliphatic heterocycles. The van der Waals surface area contributed by atoms with Crippen LogP contribution in [0.2, 0.25) is 0 Å². The largest absolute Gasteiger partial charge is 0.496 e. The Morgan fingerprint density at radius 3 is 2.74 bits per heavy atom. The number of para-hydroxylation sites is 1. The first-order valence-corrected chi connectivity index (χ1v) is 8.41. The van der Waals surface area contributed by atoms with Crippen molar-refractivity contribution in [2.24, 2.45) is 0 Å². The Hall–Kier alpha value is -3.22. The Morgan fingerprint density at radius 1 is 1.22 bits per heavy atom. The van der Waals surface area contributed by atoms with Crippen LogP contribution in [-0.4, -0.2) is 29.6 Å². The van der Waals surface area contributed by atoms with Gasteiger partial charge in [0.2, 0.25) is 5.91 Å². The predicted octanol–water partition coefficient (Wildman–Crippen LogP) is 3.50. The summed E-state index contributed by atoms with van der Waals surface area (Å²) in [4.78, 5) is 15.8. The number of nitrogens with one attached hydrogen (secondary N) is 1. The minimum Gasteiger partial charge on any atom is -0.496 e. The minimum atomic E-state index is -1.02. The van der Waals surface area contributed by atoms with Crippen LogP contribution in [0.5, 0.6) is 5.75 Å². The Bertz CT molecular complexity index is 970. The molecule has 1 aromatic heterocycles. The minimum absolute atomic E-state index is 0.0522. The summed E-state index contributed by atoms with van der Waals surface area (Å²) >= 11 is 0. The lowest BCUT2D eigenvalue weighted by Gasteiger charge is -2.15. The van der Waals surface area contributed by atoms with Crippen molar-refractivity contribution in [3.63, 3.8) is 0 Å². The molecule has 0 spiro atoms. The third-order valence-corrected chi connectivity index (χ3v) is 4.29. The number of nitrogens with zero attached hydrogens (tertiary/aromatic N) is 2. The van der Waals surface area contributed by atoms with Crippen LogP contribution in [0.4, 0.5) is 8.78 Å². The van der Waals surface area contributed by atoms with Crippen molar-refractivity contribution in [2.45, 2.75) is 12.8 Å². The molecule has 7 heteroatoms. The molecule has 1 heterocycles. The smallest absolute Gasteiger partial charge is 0.220 e. The van der Waals surface area contributed by atoms with Gasteiger partial charge in [0, 0.05) is 25.9 Å². The summed E-state index contributed by atoms with van der Waals surface area (Å²) in [6.45, 7) is 0. The summed E-state index contributed by atoms with van der Waals surface area (Å²) in [6.07, 6.45) is 3.98. The molecule has 0 saturated carbocycles. The molecule has 2 aromatic carbocycles. The normalized spacial score (nSPS) is 10.7. The van der Waals surface area contributed by atoms with E-state index in [1.54, 1.807) is 17.8 Å². The van der Waals surface area contributed by atoms with Crippen molar-refractivity contribution < 1.29 is 18.3 Å². The summed E-state index contributed by atoms with van der Waals surface area (Å²) in [5.41, 5.74) is 1.57. The summed E-state index contributed by atoms with van der Waals surface area (Å²) in [5.74, 6) is -1.67. The average Bonchev–Trinajstić information content (AvgIpc) is 3.17. The quantitative estimate of drug-likeness (QED) is 0.722. The van der Waals surface area contributed by atoms with Crippen LogP contribution in [0, 0.1) is 11.6 Å². The van der Waals surface area contributed by atoms with E-state index in [-0.39, 0.29) is 23.0 Å². The SMILES string of the molecule is CNC(=O)CCc1ccccc1-n1ccnc1-c1c(OC)ccc(F)c1F. The molecule has 0 radical (unpaired) electrons. The first-order valence-electron chi connectivity index (χ1n) is 8.41. The number of rotatable bonds is 6. The first-order chi connectivity index (χ1) is 13.1. The monoisotopic (exact) mass is 371 g/mol. The molecule has 0 aliphatic carbocycles. The van der Waals surface area contributed by atoms with Crippen LogP contribution >= 0.6 is 0 Å². The number of hydrogen-bond acceptors (Lipinski definition) is 3. The van der Waals surface area contributed by atoms with E-state index < -0.39 is 11.6 Å². The molecule has 3 aromatic rings. The van der Waals surface area contributed by atoms with Gasteiger partial charge in [-0.15, -0.1) is 0 Å². The molecular weight excluding hydrogens is 352 g/mol. The molecule has 3 rings (SSSR count). The predicted molar refractivity (Wildman–Crippen MR) is 97.9 cm³/mol. The van der Waals surface area contributed by atoms with Crippen LogP contribution < -0.4 is 10.1 Å². The number of imidazole rings is 1. The summed E-state index contributed by atoms with van der Waals surface area (Å²) in [5, 5.41) is 2.59. The molecular formula is C20H19F2N3O2. The van der Waals surface area contributed by atoms with E-state index in [2.05, 4.69) is 10.3 Å². The number of aryl methyl sites for hydroxylation is 1. The highest BCUT2D eigenvalue weighted by Crippen LogP contribution is 2.34. The second-order valence-electron chi connectivity index (χ2n) is 5.86. The summed E-state index contributed by atoms with van der Waals surface area (Å²) < 4.78 is 35.3. The number of halogens is 2. The van der Waals surface area contributed by atoms with Gasteiger partial charge in [0.1, 0.15) is 5.75 Å². The maximum atomic E-state index is 14.5. The molecule has 0 aliphatic rings. The van der Waals surface area contributed by atoms with Crippen molar-refractivity contribution in [3.8, 4) is 22.8 Å². The molecule has 1 N–H and O–H groups in total. The molecule has 1 amide bonds. The first kappa shape index (κ1) is 18.6. The summed E-state index contributed by atoms with van der Waals surface area (Å²) in [7, 11) is 2.97. The van der Waals surface area contributed by atoms with Gasteiger partial charge in [-0.25, -0.2) is 13.8 Å². The fourth-order valence-electron chi connectivity index (χ4n) is 2.92. The number of hydrogen-bond donors (Lipinski definition) is 1. The molecule has 140 valence electrons. The van der Waals surface area contributed by atoms with Gasteiger partial charge in [-0.3, -0.25) is 9.36 Å². The van der Waals surface area contributed by atoms with Gasteiger partial charge in [-0.1, -0.05) is 18.2 Å². The average molecular weight is 371 g/mol. The van der Waals surface area contributed by atoms with Gasteiger partial charge in [-0.2, -0.15) is 0 Å². The molecule has 0 unspecified atom stereocenters. The number of amides is 1. The van der Waals surface area contributed by atoms with Crippen LogP contribution in [0.25, 0.3) is 17.1 Å². The van der Waals surface area contributed by atoms with Crippen molar-refractivity contribution in [2.75, 3.05) is 14.2 Å². The van der Waals surface area contributed by atoms with E-state index in [0.717, 1.165) is 17.3 Å². The number of carbonyl (C=O) groups is 1. The molecule has 27 heavy (non-hydrogen) atoms. The Morgan fingerprint density at radius 2 is 2.00 bits per heavy atom. The van der Waals surface area contributed by atoms with Crippen LogP contribution in [-0.2, 0) is 11.2 Å². The standard InChI is InChI=1S/C20H19F2N3O2/c1-23-17(26)10-7-13-5-3-4-6-15(13)25-12-11-24-20(25)18-16(27-2)9-8-14(21)19(18)22/h3-6,8-9,11-12H,7,10H2,1-2H3,(H,23,26). The van der Waals surface area contributed by atoms with Gasteiger partial charge in [0.25, 0.3) is 0 Å². The van der Waals surface area contributed by atoms with E-state index in [1.165, 1.54) is 19.4 Å². The molecule has 0 fully saturated rings. The number of benzene rings is 2. The van der Waals surface area contributed by atoms with Gasteiger partial charge < -0.3 is 10.1 Å². The van der Waals surface area contributed by atoms with E-state index in [4.69, 9.17) is 4.74 Å². The van der Waals surface area contributed by atoms with Crippen molar-refractivity contribution in [3.05, 3.63) is 66.0 Å². The molecule has 0 saturated heterocycles. The number of ether oxygens (including phenoxy) is 1. The fourth-order valence-corrected chi connectivity index (χ4v) is 2.92. The Balaban J connectivity index is 2.10. The fraction of sp³-hybridized carbons (Fsp3) is 0.200. The maximum absolute atomic E-state index is 14.5. The second-order valence-corrected chi connectivity index (χ2v) is 5.86. The van der Waals surface area contributed by atoms with Crippen molar-refractivity contribution >= 4 is 5.91 Å². The zero-order valence-electron chi connectivity index (χ0n) is 15.0. The molecule has 0 atom stereocenters. The van der Waals surface area contributed by atoms with Gasteiger partial charge in [-0.05, 0) is 30.2 Å². The van der Waals surface area contributed by atoms with Crippen LogP contribution in [0.3, 0.4) is 0 Å². The molecule has 0 bridgehead atoms. The van der Waals surface area contributed by atoms with E-state index in [1.807, 2.05) is 24.3 Å². The number of aromatic nitrogens is 2. The lowest BCUT2D eigenvalue weighted by Crippen LogP contribution is -2.18. The van der Waals surface area contributed by atoms with Crippen LogP contribution in [0.15, 0.2) is 48.8 Å². The zero-order valence-corrected chi connectivity index (χ0v) is 15.0. The van der Waals surface area contributed by atoms with Crippen LogP contribution in [0.1, 0.15) is 12.0 Å². The highest BCUT2D eigenvalue weighted by Gasteiger charge is 2.21. The number of methoxy groups -OCH3 is 1. The van der Waals surface area contributed by atoms with Crippen molar-refractivity contribution in [1.29, 1.82) is 0 Å². The second kappa shape index (κ2) is 7.99. The zero-order chi connectivity index (χ0) is 19.4. The Labute approximate surface area is 155 Å². The lowest BCUT2D eigenvalue weighted by molar-refractivity contribution is -0.120. The third kappa shape index (κ3) is 3.67. The highest BCUT2D eigenvalue weighted by atomic mass is 19.2. The maximum Gasteiger partial charge on any atom is 0.220 e. The van der Waals surface area contributed by atoms with Gasteiger partial charge in [0.05, 0.1) is 18.4 Å². The van der Waals surface area contributed by atoms with Crippen molar-refractivity contribution in [1.82, 2.24) is 14.9 Å². The highest BCUT2D eigenvalue weighted by molar-refractivity contribution is 5.76. The van der Waals surface area contributed by atoms with Gasteiger partial charge >= 0.3 is 0 Å².